The molecule has 1 saturated heterocycles. The van der Waals surface area contributed by atoms with Crippen molar-refractivity contribution >= 4 is 11.8 Å². The summed E-state index contributed by atoms with van der Waals surface area (Å²) in [5.41, 5.74) is 5.35. The van der Waals surface area contributed by atoms with Crippen molar-refractivity contribution in [3.8, 4) is 0 Å². The molecule has 1 aliphatic rings. The van der Waals surface area contributed by atoms with Crippen LogP contribution in [-0.4, -0.2) is 29.8 Å². The van der Waals surface area contributed by atoms with Crippen LogP contribution in [0, 0.1) is 11.8 Å². The number of rotatable bonds is 4. The fourth-order valence-corrected chi connectivity index (χ4v) is 2.14. The molecule has 0 aromatic heterocycles. The molecule has 1 rings (SSSR count). The number of nitrogens with zero attached hydrogens (tertiary/aromatic N) is 1. The van der Waals surface area contributed by atoms with Crippen molar-refractivity contribution in [2.45, 2.75) is 33.1 Å². The lowest BCUT2D eigenvalue weighted by Crippen LogP contribution is -2.45. The molecule has 2 amide bonds. The number of imide groups is 1. The van der Waals surface area contributed by atoms with Crippen molar-refractivity contribution in [2.75, 3.05) is 13.1 Å². The highest BCUT2D eigenvalue weighted by Gasteiger charge is 2.31. The van der Waals surface area contributed by atoms with Crippen molar-refractivity contribution in [2.24, 2.45) is 17.6 Å². The van der Waals surface area contributed by atoms with E-state index in [-0.39, 0.29) is 17.7 Å². The summed E-state index contributed by atoms with van der Waals surface area (Å²) in [6, 6.07) is 0. The molecule has 0 saturated carbocycles. The van der Waals surface area contributed by atoms with E-state index in [1.54, 1.807) is 0 Å². The average Bonchev–Trinajstić information content (AvgIpc) is 2.10. The number of hydrogen-bond acceptors (Lipinski definition) is 3. The Labute approximate surface area is 90.8 Å². The maximum atomic E-state index is 11.6. The lowest BCUT2D eigenvalue weighted by atomic mass is 9.88. The second kappa shape index (κ2) is 5.26. The van der Waals surface area contributed by atoms with Gasteiger partial charge in [-0.3, -0.25) is 14.5 Å². The van der Waals surface area contributed by atoms with Gasteiger partial charge in [-0.2, -0.15) is 0 Å². The molecular weight excluding hydrogens is 192 g/mol. The first-order valence-corrected chi connectivity index (χ1v) is 5.57. The summed E-state index contributed by atoms with van der Waals surface area (Å²) in [6.07, 6.45) is 1.96. The number of piperidine rings is 1. The summed E-state index contributed by atoms with van der Waals surface area (Å²) in [5.74, 6) is 0.667. The summed E-state index contributed by atoms with van der Waals surface area (Å²) in [5, 5.41) is 0. The van der Waals surface area contributed by atoms with Crippen LogP contribution in [-0.2, 0) is 9.59 Å². The molecule has 1 aliphatic heterocycles. The highest BCUT2D eigenvalue weighted by atomic mass is 16.2. The van der Waals surface area contributed by atoms with Gasteiger partial charge in [0.2, 0.25) is 11.8 Å². The van der Waals surface area contributed by atoms with Gasteiger partial charge in [-0.15, -0.1) is 0 Å². The fourth-order valence-electron chi connectivity index (χ4n) is 2.14. The Bertz CT molecular complexity index is 233. The minimum Gasteiger partial charge on any atom is -0.329 e. The summed E-state index contributed by atoms with van der Waals surface area (Å²) < 4.78 is 0. The van der Waals surface area contributed by atoms with Crippen LogP contribution in [0.1, 0.15) is 33.1 Å². The predicted octanol–water partition coefficient (Wildman–Crippen LogP) is 0.756. The topological polar surface area (TPSA) is 63.4 Å². The first-order chi connectivity index (χ1) is 7.04. The molecule has 86 valence electrons. The van der Waals surface area contributed by atoms with Crippen LogP contribution < -0.4 is 5.73 Å². The largest absolute Gasteiger partial charge is 0.329 e. The molecule has 4 heteroatoms. The number of carbonyl (C=O) groups is 2. The monoisotopic (exact) mass is 212 g/mol. The van der Waals surface area contributed by atoms with Crippen LogP contribution in [0.3, 0.4) is 0 Å². The van der Waals surface area contributed by atoms with E-state index in [1.165, 1.54) is 4.90 Å². The fraction of sp³-hybridized carbons (Fsp3) is 0.818. The number of hydrogen-bond donors (Lipinski definition) is 1. The van der Waals surface area contributed by atoms with Gasteiger partial charge in [-0.05, 0) is 18.3 Å². The van der Waals surface area contributed by atoms with Gasteiger partial charge in [0.05, 0.1) is 0 Å². The third kappa shape index (κ3) is 3.30. The SMILES string of the molecule is CC(C)CC1CC(=O)N(CCN)C(=O)C1. The van der Waals surface area contributed by atoms with Gasteiger partial charge in [0.1, 0.15) is 0 Å². The zero-order chi connectivity index (χ0) is 11.4. The minimum atomic E-state index is -0.0534. The summed E-state index contributed by atoms with van der Waals surface area (Å²) >= 11 is 0. The molecule has 0 aromatic carbocycles. The van der Waals surface area contributed by atoms with Crippen LogP contribution in [0.4, 0.5) is 0 Å². The van der Waals surface area contributed by atoms with E-state index >= 15 is 0 Å². The van der Waals surface area contributed by atoms with Crippen molar-refractivity contribution in [1.82, 2.24) is 4.90 Å². The number of carbonyl (C=O) groups excluding carboxylic acids is 2. The van der Waals surface area contributed by atoms with Crippen LogP contribution in [0.15, 0.2) is 0 Å². The van der Waals surface area contributed by atoms with Crippen LogP contribution in [0.5, 0.6) is 0 Å². The van der Waals surface area contributed by atoms with Crippen molar-refractivity contribution in [3.63, 3.8) is 0 Å². The minimum absolute atomic E-state index is 0.0534. The molecule has 0 atom stereocenters. The number of nitrogens with two attached hydrogens (primary N) is 1. The van der Waals surface area contributed by atoms with E-state index in [1.807, 2.05) is 0 Å². The second-order valence-corrected chi connectivity index (χ2v) is 4.63. The van der Waals surface area contributed by atoms with E-state index in [0.717, 1.165) is 6.42 Å². The molecule has 0 unspecified atom stereocenters. The molecule has 0 spiro atoms. The Hall–Kier alpha value is -0.900. The molecule has 0 bridgehead atoms. The van der Waals surface area contributed by atoms with Crippen LogP contribution in [0.2, 0.25) is 0 Å². The first-order valence-electron chi connectivity index (χ1n) is 5.57. The summed E-state index contributed by atoms with van der Waals surface area (Å²) in [7, 11) is 0. The van der Waals surface area contributed by atoms with Crippen molar-refractivity contribution in [3.05, 3.63) is 0 Å². The lowest BCUT2D eigenvalue weighted by Gasteiger charge is -2.30. The third-order valence-corrected chi connectivity index (χ3v) is 2.69. The Morgan fingerprint density at radius 1 is 1.33 bits per heavy atom. The molecule has 15 heavy (non-hydrogen) atoms. The van der Waals surface area contributed by atoms with Gasteiger partial charge < -0.3 is 5.73 Å². The maximum absolute atomic E-state index is 11.6. The second-order valence-electron chi connectivity index (χ2n) is 4.63. The third-order valence-electron chi connectivity index (χ3n) is 2.69. The van der Waals surface area contributed by atoms with Gasteiger partial charge in [0.15, 0.2) is 0 Å². The van der Waals surface area contributed by atoms with Crippen molar-refractivity contribution < 1.29 is 9.59 Å². The van der Waals surface area contributed by atoms with E-state index in [4.69, 9.17) is 5.73 Å². The summed E-state index contributed by atoms with van der Waals surface area (Å²) in [4.78, 5) is 24.6. The van der Waals surface area contributed by atoms with Crippen molar-refractivity contribution in [1.29, 1.82) is 0 Å². The van der Waals surface area contributed by atoms with Gasteiger partial charge in [0, 0.05) is 25.9 Å². The number of amides is 2. The normalized spacial score (nSPS) is 19.1. The maximum Gasteiger partial charge on any atom is 0.229 e. The van der Waals surface area contributed by atoms with Gasteiger partial charge in [-0.25, -0.2) is 0 Å². The Morgan fingerprint density at radius 2 is 1.87 bits per heavy atom. The van der Waals surface area contributed by atoms with Crippen LogP contribution in [0.25, 0.3) is 0 Å². The molecule has 4 nitrogen and oxygen atoms in total. The molecule has 0 aliphatic carbocycles. The molecule has 0 radical (unpaired) electrons. The van der Waals surface area contributed by atoms with E-state index in [2.05, 4.69) is 13.8 Å². The number of likely N-dealkylation sites (tertiary alicyclic amines) is 1. The average molecular weight is 212 g/mol. The summed E-state index contributed by atoms with van der Waals surface area (Å²) in [6.45, 7) is 4.95. The first kappa shape index (κ1) is 12.2. The van der Waals surface area contributed by atoms with Gasteiger partial charge in [-0.1, -0.05) is 13.8 Å². The van der Waals surface area contributed by atoms with Crippen LogP contribution >= 0.6 is 0 Å². The van der Waals surface area contributed by atoms with Gasteiger partial charge >= 0.3 is 0 Å². The zero-order valence-electron chi connectivity index (χ0n) is 9.53. The predicted molar refractivity (Wildman–Crippen MR) is 58.0 cm³/mol. The zero-order valence-corrected chi connectivity index (χ0v) is 9.53. The molecule has 0 aromatic rings. The molecule has 1 fully saturated rings. The molecular formula is C11H20N2O2. The lowest BCUT2D eigenvalue weighted by molar-refractivity contribution is -0.150. The van der Waals surface area contributed by atoms with Gasteiger partial charge in [0.25, 0.3) is 0 Å². The van der Waals surface area contributed by atoms with E-state index in [0.29, 0.717) is 31.8 Å². The highest BCUT2D eigenvalue weighted by Crippen LogP contribution is 2.25. The Balaban J connectivity index is 2.55. The highest BCUT2D eigenvalue weighted by molar-refractivity contribution is 5.97. The quantitative estimate of drug-likeness (QED) is 0.700. The standard InChI is InChI=1S/C11H20N2O2/c1-8(2)5-9-6-10(14)13(4-3-12)11(15)7-9/h8-9H,3-7,12H2,1-2H3. The smallest absolute Gasteiger partial charge is 0.229 e. The Kier molecular flexibility index (Phi) is 4.27. The van der Waals surface area contributed by atoms with E-state index < -0.39 is 0 Å². The van der Waals surface area contributed by atoms with E-state index in [9.17, 15) is 9.59 Å². The molecule has 1 heterocycles. The molecule has 2 N–H and O–H groups in total. The Morgan fingerprint density at radius 3 is 2.27 bits per heavy atom.